The average Bonchev–Trinajstić information content (AvgIpc) is 3.37. The fourth-order valence-electron chi connectivity index (χ4n) is 5.59. The molecule has 0 amide bonds. The van der Waals surface area contributed by atoms with Crippen LogP contribution in [0, 0.1) is 26.8 Å². The van der Waals surface area contributed by atoms with Crippen LogP contribution in [0.5, 0.6) is 0 Å². The van der Waals surface area contributed by atoms with Crippen LogP contribution in [0.15, 0.2) is 158 Å². The van der Waals surface area contributed by atoms with Gasteiger partial charge < -0.3 is 0 Å². The summed E-state index contributed by atoms with van der Waals surface area (Å²) in [5, 5.41) is 7.98. The summed E-state index contributed by atoms with van der Waals surface area (Å²) >= 11 is 0. The third kappa shape index (κ3) is 6.53. The first-order valence-corrected chi connectivity index (χ1v) is 14.4. The van der Waals surface area contributed by atoms with Gasteiger partial charge in [-0.2, -0.15) is 73.9 Å². The molecule has 0 atom stereocenters. The van der Waals surface area contributed by atoms with Crippen LogP contribution in [0.1, 0.15) is 16.7 Å². The van der Waals surface area contributed by atoms with Gasteiger partial charge in [-0.05, 0) is 39.1 Å². The molecule has 0 aromatic heterocycles. The molecule has 0 heterocycles. The van der Waals surface area contributed by atoms with Crippen molar-refractivity contribution in [3.63, 3.8) is 0 Å². The van der Waals surface area contributed by atoms with Crippen LogP contribution in [-0.4, -0.2) is 0 Å². The van der Waals surface area contributed by atoms with Crippen LogP contribution in [0.4, 0.5) is 0 Å². The monoisotopic (exact) mass is 596 g/mol. The quantitative estimate of drug-likeness (QED) is 0.0928. The fourth-order valence-corrected chi connectivity index (χ4v) is 5.59. The number of hydrogen-bond acceptors (Lipinski definition) is 0. The molecule has 0 unspecified atom stereocenters. The number of benzene rings is 8. The fraction of sp³-hybridized carbons (Fsp3) is 0. The smallest absolute Gasteiger partial charge is 0.199 e. The first kappa shape index (κ1) is 30.6. The summed E-state index contributed by atoms with van der Waals surface area (Å²) in [6, 6.07) is 57.4. The van der Waals surface area contributed by atoms with Gasteiger partial charge in [-0.25, -0.2) is 0 Å². The minimum Gasteiger partial charge on any atom is -0.199 e. The summed E-state index contributed by atoms with van der Waals surface area (Å²) in [7, 11) is 0. The molecule has 44 heavy (non-hydrogen) atoms. The molecule has 1 aliphatic carbocycles. The molecule has 0 N–H and O–H groups in total. The van der Waals surface area contributed by atoms with Crippen molar-refractivity contribution in [2.45, 2.75) is 0 Å². The van der Waals surface area contributed by atoms with Gasteiger partial charge in [-0.1, -0.05) is 82.9 Å². The van der Waals surface area contributed by atoms with E-state index >= 15 is 0 Å². The van der Waals surface area contributed by atoms with Gasteiger partial charge in [-0.3, -0.25) is 0 Å². The van der Waals surface area contributed by atoms with E-state index in [-0.39, 0.29) is 21.7 Å². The zero-order valence-corrected chi connectivity index (χ0v) is 26.2. The molecule has 208 valence electrons. The Balaban J connectivity index is 0.000000144. The van der Waals surface area contributed by atoms with E-state index in [1.165, 1.54) is 54.6 Å². The summed E-state index contributed by atoms with van der Waals surface area (Å²) in [5.41, 5.74) is 8.67. The van der Waals surface area contributed by atoms with Crippen LogP contribution in [0.25, 0.3) is 54.6 Å². The van der Waals surface area contributed by atoms with Gasteiger partial charge in [-0.15, -0.1) is 60.0 Å². The van der Waals surface area contributed by atoms with E-state index in [1.807, 2.05) is 91.0 Å². The second-order valence-corrected chi connectivity index (χ2v) is 10.6. The van der Waals surface area contributed by atoms with Crippen molar-refractivity contribution in [1.29, 1.82) is 0 Å². The van der Waals surface area contributed by atoms with E-state index in [4.69, 9.17) is 0 Å². The maximum Gasteiger partial charge on any atom is 4.00 e. The molecule has 0 nitrogen and oxygen atoms in total. The van der Waals surface area contributed by atoms with Crippen LogP contribution in [0.2, 0.25) is 0 Å². The van der Waals surface area contributed by atoms with Gasteiger partial charge >= 0.3 is 21.7 Å². The van der Waals surface area contributed by atoms with E-state index < -0.39 is 0 Å². The van der Waals surface area contributed by atoms with Crippen molar-refractivity contribution in [1.82, 2.24) is 0 Å². The second-order valence-electron chi connectivity index (χ2n) is 10.6. The summed E-state index contributed by atoms with van der Waals surface area (Å²) in [4.78, 5) is 0. The van der Waals surface area contributed by atoms with Crippen molar-refractivity contribution in [3.8, 4) is 22.3 Å². The molecule has 8 aromatic carbocycles. The largest absolute Gasteiger partial charge is 4.00 e. The predicted octanol–water partition coefficient (Wildman–Crippen LogP) is 11.6. The summed E-state index contributed by atoms with van der Waals surface area (Å²) in [6.07, 6.45) is 0. The predicted molar refractivity (Wildman–Crippen MR) is 186 cm³/mol. The van der Waals surface area contributed by atoms with Crippen LogP contribution in [0.3, 0.4) is 0 Å². The Labute approximate surface area is 276 Å². The molecular formula is C43H32Ti. The Morgan fingerprint density at radius 3 is 1.34 bits per heavy atom. The molecule has 0 radical (unpaired) electrons. The number of fused-ring (bicyclic) bond motifs is 3. The van der Waals surface area contributed by atoms with Crippen LogP contribution >= 0.6 is 0 Å². The van der Waals surface area contributed by atoms with Gasteiger partial charge in [0, 0.05) is 0 Å². The number of hydrogen-bond donors (Lipinski definition) is 0. The topological polar surface area (TPSA) is 0 Å². The molecular weight excluding hydrogens is 564 g/mol. The summed E-state index contributed by atoms with van der Waals surface area (Å²) in [5.74, 6) is 0. The molecule has 9 rings (SSSR count). The molecule has 8 aromatic rings. The van der Waals surface area contributed by atoms with E-state index in [9.17, 15) is 0 Å². The van der Waals surface area contributed by atoms with Crippen molar-refractivity contribution in [3.05, 3.63) is 201 Å². The van der Waals surface area contributed by atoms with E-state index in [1.54, 1.807) is 0 Å². The molecule has 1 aliphatic rings. The Morgan fingerprint density at radius 1 is 0.364 bits per heavy atom. The van der Waals surface area contributed by atoms with E-state index in [0.29, 0.717) is 0 Å². The molecule has 0 aliphatic heterocycles. The molecule has 1 heteroatoms. The van der Waals surface area contributed by atoms with Crippen molar-refractivity contribution < 1.29 is 21.7 Å². The molecule has 0 spiro atoms. The molecule has 0 saturated carbocycles. The maximum absolute atomic E-state index is 3.72. The first-order valence-electron chi connectivity index (χ1n) is 14.4. The van der Waals surface area contributed by atoms with Gasteiger partial charge in [0.1, 0.15) is 0 Å². The minimum atomic E-state index is 0. The zero-order valence-electron chi connectivity index (χ0n) is 24.6. The minimum absolute atomic E-state index is 0. The second kappa shape index (κ2) is 14.1. The van der Waals surface area contributed by atoms with E-state index in [2.05, 4.69) is 93.6 Å². The number of rotatable bonds is 0. The van der Waals surface area contributed by atoms with Gasteiger partial charge in [0.15, 0.2) is 0 Å². The standard InChI is InChI=1S/C22H11.3C7H7.Ti/c1-2-7-17-16(6-1)18-11-10-14-9-8-13-4-3-5-15-12-19(17)22(18)21(14)20(13)15;3*1-7-5-3-2-4-6-7;/h1-8,10-12H;3*2-6H,1H2;/q4*-1;+4. The zero-order chi connectivity index (χ0) is 29.6. The van der Waals surface area contributed by atoms with Gasteiger partial charge in [0.2, 0.25) is 0 Å². The summed E-state index contributed by atoms with van der Waals surface area (Å²) in [6.45, 7) is 11.2. The average molecular weight is 597 g/mol. The Morgan fingerprint density at radius 2 is 0.841 bits per heavy atom. The Kier molecular flexibility index (Phi) is 9.77. The SMILES string of the molecule is [CH2-]c1ccccc1.[CH2-]c1ccccc1.[CH2-]c1ccccc1.[Ti+4].[c-]1cc2cccc3cc4c5c(ccc1c5c23)-c1ccccc1-4. The van der Waals surface area contributed by atoms with Gasteiger partial charge in [0.25, 0.3) is 0 Å². The van der Waals surface area contributed by atoms with Crippen LogP contribution in [-0.2, 0) is 21.7 Å². The molecule has 0 fully saturated rings. The third-order valence-electron chi connectivity index (χ3n) is 7.57. The Hall–Kier alpha value is -4.88. The van der Waals surface area contributed by atoms with Gasteiger partial charge in [0.05, 0.1) is 0 Å². The normalized spacial score (nSPS) is 10.4. The Bertz CT molecular complexity index is 1990. The maximum atomic E-state index is 3.72. The van der Waals surface area contributed by atoms with Crippen molar-refractivity contribution in [2.75, 3.05) is 0 Å². The van der Waals surface area contributed by atoms with Crippen LogP contribution < -0.4 is 0 Å². The van der Waals surface area contributed by atoms with E-state index in [0.717, 1.165) is 16.7 Å². The van der Waals surface area contributed by atoms with Crippen molar-refractivity contribution in [2.24, 2.45) is 0 Å². The first-order chi connectivity index (χ1) is 21.1. The van der Waals surface area contributed by atoms with Crippen molar-refractivity contribution >= 4 is 32.3 Å². The third-order valence-corrected chi connectivity index (χ3v) is 7.57. The molecule has 0 bridgehead atoms. The summed E-state index contributed by atoms with van der Waals surface area (Å²) < 4.78 is 0. The molecule has 0 saturated heterocycles.